The zero-order valence-corrected chi connectivity index (χ0v) is 11.5. The van der Waals surface area contributed by atoms with Crippen LogP contribution in [0.4, 0.5) is 5.82 Å². The number of aromatic nitrogens is 2. The zero-order chi connectivity index (χ0) is 13.8. The number of nitrogens with zero attached hydrogens (tertiary/aromatic N) is 2. The van der Waals surface area contributed by atoms with Crippen molar-refractivity contribution in [1.82, 2.24) is 9.55 Å². The summed E-state index contributed by atoms with van der Waals surface area (Å²) in [5.74, 6) is 1.38. The second-order valence-electron chi connectivity index (χ2n) is 4.91. The first-order chi connectivity index (χ1) is 9.13. The van der Waals surface area contributed by atoms with Crippen LogP contribution in [0.2, 0.25) is 0 Å². The van der Waals surface area contributed by atoms with Gasteiger partial charge in [-0.3, -0.25) is 0 Å². The molecule has 0 saturated heterocycles. The second-order valence-corrected chi connectivity index (χ2v) is 4.91. The summed E-state index contributed by atoms with van der Waals surface area (Å²) in [6.07, 6.45) is 3.46. The Balaban J connectivity index is 1.84. The van der Waals surface area contributed by atoms with E-state index in [0.717, 1.165) is 24.8 Å². The van der Waals surface area contributed by atoms with Crippen LogP contribution in [0.3, 0.4) is 0 Å². The Morgan fingerprint density at radius 3 is 2.89 bits per heavy atom. The summed E-state index contributed by atoms with van der Waals surface area (Å²) in [6, 6.07) is 0. The number of esters is 1. The molecule has 0 spiro atoms. The Bertz CT molecular complexity index is 452. The van der Waals surface area contributed by atoms with E-state index in [1.165, 1.54) is 20.0 Å². The molecule has 0 atom stereocenters. The van der Waals surface area contributed by atoms with Gasteiger partial charge in [0, 0.05) is 19.8 Å². The molecule has 0 amide bonds. The molecule has 0 radical (unpaired) electrons. The zero-order valence-electron chi connectivity index (χ0n) is 11.5. The van der Waals surface area contributed by atoms with Crippen LogP contribution in [0.5, 0.6) is 0 Å². The molecule has 19 heavy (non-hydrogen) atoms. The van der Waals surface area contributed by atoms with Crippen molar-refractivity contribution in [2.45, 2.75) is 32.7 Å². The molecule has 1 aromatic rings. The first kappa shape index (κ1) is 13.9. The van der Waals surface area contributed by atoms with Gasteiger partial charge in [-0.15, -0.1) is 0 Å². The molecule has 0 unspecified atom stereocenters. The highest BCUT2D eigenvalue weighted by atomic mass is 16.5. The van der Waals surface area contributed by atoms with Crippen molar-refractivity contribution in [3.05, 3.63) is 11.5 Å². The van der Waals surface area contributed by atoms with E-state index in [-0.39, 0.29) is 5.69 Å². The van der Waals surface area contributed by atoms with Gasteiger partial charge >= 0.3 is 5.97 Å². The van der Waals surface area contributed by atoms with Gasteiger partial charge < -0.3 is 19.8 Å². The summed E-state index contributed by atoms with van der Waals surface area (Å²) in [5.41, 5.74) is 6.11. The van der Waals surface area contributed by atoms with Crippen molar-refractivity contribution >= 4 is 11.8 Å². The lowest BCUT2D eigenvalue weighted by Crippen LogP contribution is -2.10. The minimum Gasteiger partial charge on any atom is -0.464 e. The van der Waals surface area contributed by atoms with Gasteiger partial charge in [0.25, 0.3) is 0 Å². The van der Waals surface area contributed by atoms with E-state index in [4.69, 9.17) is 10.5 Å². The third kappa shape index (κ3) is 3.47. The van der Waals surface area contributed by atoms with E-state index in [2.05, 4.69) is 9.72 Å². The van der Waals surface area contributed by atoms with Crippen LogP contribution in [0.15, 0.2) is 0 Å². The third-order valence-corrected chi connectivity index (χ3v) is 3.30. The van der Waals surface area contributed by atoms with Gasteiger partial charge in [0.1, 0.15) is 11.6 Å². The molecule has 1 saturated carbocycles. The lowest BCUT2D eigenvalue weighted by atomic mass is 10.4. The van der Waals surface area contributed by atoms with Crippen LogP contribution in [-0.2, 0) is 16.0 Å². The maximum absolute atomic E-state index is 11.5. The fourth-order valence-corrected chi connectivity index (χ4v) is 1.97. The number of imidazole rings is 1. The quantitative estimate of drug-likeness (QED) is 0.596. The van der Waals surface area contributed by atoms with E-state index >= 15 is 0 Å². The molecule has 1 aliphatic rings. The molecular formula is C13H21N3O3. The van der Waals surface area contributed by atoms with Gasteiger partial charge in [-0.05, 0) is 32.1 Å². The number of carbonyl (C=O) groups excluding carboxylic acids is 1. The highest BCUT2D eigenvalue weighted by molar-refractivity contribution is 5.92. The normalized spacial score (nSPS) is 14.6. The molecular weight excluding hydrogens is 246 g/mol. The molecule has 106 valence electrons. The number of anilines is 1. The number of rotatable bonds is 7. The van der Waals surface area contributed by atoms with Crippen molar-refractivity contribution in [3.8, 4) is 0 Å². The van der Waals surface area contributed by atoms with Crippen molar-refractivity contribution in [2.75, 3.05) is 26.1 Å². The molecule has 0 bridgehead atoms. The van der Waals surface area contributed by atoms with Crippen molar-refractivity contribution in [2.24, 2.45) is 5.92 Å². The molecule has 1 aliphatic carbocycles. The number of nitrogen functional groups attached to an aromatic ring is 1. The predicted octanol–water partition coefficient (Wildman–Crippen LogP) is 1.38. The predicted molar refractivity (Wildman–Crippen MR) is 70.9 cm³/mol. The lowest BCUT2D eigenvalue weighted by Gasteiger charge is -2.08. The van der Waals surface area contributed by atoms with Crippen molar-refractivity contribution in [3.63, 3.8) is 0 Å². The average Bonchev–Trinajstić information content (AvgIpc) is 3.17. The molecule has 6 nitrogen and oxygen atoms in total. The summed E-state index contributed by atoms with van der Waals surface area (Å²) in [6.45, 7) is 4.10. The molecule has 1 aromatic heterocycles. The fourth-order valence-electron chi connectivity index (χ4n) is 1.97. The Hall–Kier alpha value is -1.56. The summed E-state index contributed by atoms with van der Waals surface area (Å²) in [4.78, 5) is 15.6. The molecule has 2 rings (SSSR count). The van der Waals surface area contributed by atoms with Gasteiger partial charge in [-0.2, -0.15) is 0 Å². The lowest BCUT2D eigenvalue weighted by molar-refractivity contribution is 0.0595. The van der Waals surface area contributed by atoms with Crippen LogP contribution in [0, 0.1) is 12.8 Å². The molecule has 1 heterocycles. The van der Waals surface area contributed by atoms with E-state index < -0.39 is 5.97 Å². The number of nitrogens with two attached hydrogens (primary N) is 1. The summed E-state index contributed by atoms with van der Waals surface area (Å²) in [5, 5.41) is 0. The Morgan fingerprint density at radius 2 is 2.26 bits per heavy atom. The molecule has 6 heteroatoms. The van der Waals surface area contributed by atoms with Crippen molar-refractivity contribution in [1.29, 1.82) is 0 Å². The molecule has 1 fully saturated rings. The molecule has 2 N–H and O–H groups in total. The maximum Gasteiger partial charge on any atom is 0.360 e. The highest BCUT2D eigenvalue weighted by Gasteiger charge is 2.21. The average molecular weight is 267 g/mol. The minimum atomic E-state index is -0.496. The highest BCUT2D eigenvalue weighted by Crippen LogP contribution is 2.28. The first-order valence-corrected chi connectivity index (χ1v) is 6.62. The second kappa shape index (κ2) is 6.06. The third-order valence-electron chi connectivity index (χ3n) is 3.30. The Kier molecular flexibility index (Phi) is 4.42. The Labute approximate surface area is 112 Å². The van der Waals surface area contributed by atoms with Crippen LogP contribution < -0.4 is 5.73 Å². The largest absolute Gasteiger partial charge is 0.464 e. The number of aryl methyl sites for hydroxylation is 1. The van der Waals surface area contributed by atoms with Crippen LogP contribution in [0.1, 0.15) is 35.6 Å². The van der Waals surface area contributed by atoms with Gasteiger partial charge in [0.05, 0.1) is 7.11 Å². The van der Waals surface area contributed by atoms with Crippen molar-refractivity contribution < 1.29 is 14.3 Å². The first-order valence-electron chi connectivity index (χ1n) is 6.62. The maximum atomic E-state index is 11.5. The molecule has 0 aliphatic heterocycles. The minimum absolute atomic E-state index is 0.193. The molecule has 0 aromatic carbocycles. The monoisotopic (exact) mass is 267 g/mol. The summed E-state index contributed by atoms with van der Waals surface area (Å²) in [7, 11) is 1.32. The van der Waals surface area contributed by atoms with E-state index in [1.807, 2.05) is 11.5 Å². The smallest absolute Gasteiger partial charge is 0.360 e. The van der Waals surface area contributed by atoms with Crippen LogP contribution >= 0.6 is 0 Å². The van der Waals surface area contributed by atoms with Crippen LogP contribution in [-0.4, -0.2) is 35.8 Å². The van der Waals surface area contributed by atoms with E-state index in [9.17, 15) is 4.79 Å². The standard InChI is InChI=1S/C13H21N3O3/c1-9-15-11(13(17)18-2)12(14)16(9)6-3-7-19-8-10-4-5-10/h10H,3-8,14H2,1-2H3. The van der Waals surface area contributed by atoms with Gasteiger partial charge in [0.2, 0.25) is 0 Å². The van der Waals surface area contributed by atoms with Gasteiger partial charge in [0.15, 0.2) is 5.69 Å². The fraction of sp³-hybridized carbons (Fsp3) is 0.692. The number of ether oxygens (including phenoxy) is 2. The van der Waals surface area contributed by atoms with Crippen LogP contribution in [0.25, 0.3) is 0 Å². The summed E-state index contributed by atoms with van der Waals surface area (Å²) >= 11 is 0. The number of methoxy groups -OCH3 is 1. The SMILES string of the molecule is COC(=O)c1nc(C)n(CCCOCC2CC2)c1N. The van der Waals surface area contributed by atoms with E-state index in [1.54, 1.807) is 0 Å². The van der Waals surface area contributed by atoms with Gasteiger partial charge in [-0.25, -0.2) is 9.78 Å². The van der Waals surface area contributed by atoms with Gasteiger partial charge in [-0.1, -0.05) is 0 Å². The van der Waals surface area contributed by atoms with E-state index in [0.29, 0.717) is 19.0 Å². The topological polar surface area (TPSA) is 79.4 Å². The summed E-state index contributed by atoms with van der Waals surface area (Å²) < 4.78 is 12.0. The number of hydrogen-bond acceptors (Lipinski definition) is 5. The Morgan fingerprint density at radius 1 is 1.53 bits per heavy atom. The number of carbonyl (C=O) groups is 1. The number of hydrogen-bond donors (Lipinski definition) is 1.